The molecule has 92 valence electrons. The monoisotopic (exact) mass is 228 g/mol. The highest BCUT2D eigenvalue weighted by Crippen LogP contribution is 2.20. The van der Waals surface area contributed by atoms with Crippen molar-refractivity contribution in [3.05, 3.63) is 0 Å². The number of aliphatic hydroxyl groups is 2. The Morgan fingerprint density at radius 1 is 0.875 bits per heavy atom. The zero-order chi connectivity index (χ0) is 11.4. The summed E-state index contributed by atoms with van der Waals surface area (Å²) in [5, 5.41) is 30.3. The van der Waals surface area contributed by atoms with Gasteiger partial charge in [0.1, 0.15) is 0 Å². The topological polar surface area (TPSA) is 71.7 Å². The summed E-state index contributed by atoms with van der Waals surface area (Å²) >= 11 is 0. The van der Waals surface area contributed by atoms with Crippen LogP contribution in [0.2, 0.25) is 0 Å². The van der Waals surface area contributed by atoms with Gasteiger partial charge in [-0.1, -0.05) is 10.4 Å². The Bertz CT molecular complexity index is 225. The SMILES string of the molecule is OCC1CCCN1N=NN1CCCC1CO. The van der Waals surface area contributed by atoms with Crippen LogP contribution >= 0.6 is 0 Å². The van der Waals surface area contributed by atoms with Gasteiger partial charge in [-0.15, -0.1) is 0 Å². The lowest BCUT2D eigenvalue weighted by Gasteiger charge is -2.21. The first-order valence-electron chi connectivity index (χ1n) is 6.01. The maximum atomic E-state index is 9.13. The molecular weight excluding hydrogens is 208 g/mol. The fourth-order valence-corrected chi connectivity index (χ4v) is 2.35. The van der Waals surface area contributed by atoms with Crippen molar-refractivity contribution < 1.29 is 10.2 Å². The zero-order valence-electron chi connectivity index (χ0n) is 9.49. The van der Waals surface area contributed by atoms with Crippen molar-refractivity contribution in [3.8, 4) is 0 Å². The molecule has 0 aromatic heterocycles. The van der Waals surface area contributed by atoms with E-state index in [1.807, 2.05) is 10.0 Å². The van der Waals surface area contributed by atoms with Crippen molar-refractivity contribution in [2.75, 3.05) is 26.3 Å². The summed E-state index contributed by atoms with van der Waals surface area (Å²) in [4.78, 5) is 0. The highest BCUT2D eigenvalue weighted by Gasteiger charge is 2.25. The molecule has 0 saturated carbocycles. The molecule has 2 heterocycles. The Hall–Kier alpha value is -0.880. The molecule has 0 amide bonds. The third kappa shape index (κ3) is 2.44. The molecular formula is C10H20N4O2. The highest BCUT2D eigenvalue weighted by molar-refractivity contribution is 4.76. The average Bonchev–Trinajstić information content (AvgIpc) is 2.94. The summed E-state index contributed by atoms with van der Waals surface area (Å²) in [6.45, 7) is 2.02. The van der Waals surface area contributed by atoms with Crippen LogP contribution in [0.15, 0.2) is 10.4 Å². The quantitative estimate of drug-likeness (QED) is 0.673. The van der Waals surface area contributed by atoms with Crippen molar-refractivity contribution in [2.45, 2.75) is 37.8 Å². The molecule has 2 fully saturated rings. The molecule has 2 aliphatic heterocycles. The van der Waals surface area contributed by atoms with Crippen LogP contribution in [0.5, 0.6) is 0 Å². The van der Waals surface area contributed by atoms with Crippen molar-refractivity contribution in [2.24, 2.45) is 10.4 Å². The molecule has 2 N–H and O–H groups in total. The first-order chi connectivity index (χ1) is 7.85. The van der Waals surface area contributed by atoms with Gasteiger partial charge in [-0.3, -0.25) is 10.0 Å². The van der Waals surface area contributed by atoms with Crippen LogP contribution in [-0.2, 0) is 0 Å². The van der Waals surface area contributed by atoms with E-state index in [4.69, 9.17) is 10.2 Å². The maximum Gasteiger partial charge on any atom is 0.0719 e. The van der Waals surface area contributed by atoms with Crippen LogP contribution in [0.1, 0.15) is 25.7 Å². The standard InChI is InChI=1S/C10H20N4O2/c15-7-9-3-1-5-13(9)11-12-14-6-2-4-10(14)8-16/h9-10,15-16H,1-8H2. The summed E-state index contributed by atoms with van der Waals surface area (Å²) in [6.07, 6.45) is 4.10. The number of nitrogens with zero attached hydrogens (tertiary/aromatic N) is 4. The van der Waals surface area contributed by atoms with E-state index in [9.17, 15) is 0 Å². The minimum absolute atomic E-state index is 0.124. The van der Waals surface area contributed by atoms with Crippen LogP contribution < -0.4 is 0 Å². The molecule has 0 spiro atoms. The molecule has 0 bridgehead atoms. The van der Waals surface area contributed by atoms with Gasteiger partial charge >= 0.3 is 0 Å². The Labute approximate surface area is 95.5 Å². The molecule has 0 radical (unpaired) electrons. The van der Waals surface area contributed by atoms with Crippen molar-refractivity contribution in [1.29, 1.82) is 0 Å². The minimum Gasteiger partial charge on any atom is -0.394 e. The Morgan fingerprint density at radius 3 is 1.69 bits per heavy atom. The second kappa shape index (κ2) is 5.45. The Kier molecular flexibility index (Phi) is 3.95. The van der Waals surface area contributed by atoms with Gasteiger partial charge in [0.05, 0.1) is 25.3 Å². The smallest absolute Gasteiger partial charge is 0.0719 e. The molecule has 16 heavy (non-hydrogen) atoms. The van der Waals surface area contributed by atoms with Crippen LogP contribution in [0.25, 0.3) is 0 Å². The molecule has 6 heteroatoms. The number of hydrogen-bond acceptors (Lipinski definition) is 4. The second-order valence-corrected chi connectivity index (χ2v) is 4.46. The van der Waals surface area contributed by atoms with E-state index >= 15 is 0 Å². The van der Waals surface area contributed by atoms with Gasteiger partial charge in [-0.25, -0.2) is 0 Å². The number of rotatable bonds is 4. The zero-order valence-corrected chi connectivity index (χ0v) is 9.49. The molecule has 2 atom stereocenters. The van der Waals surface area contributed by atoms with Crippen LogP contribution in [-0.4, -0.2) is 58.6 Å². The normalized spacial score (nSPS) is 30.9. The summed E-state index contributed by atoms with van der Waals surface area (Å²) < 4.78 is 0. The summed E-state index contributed by atoms with van der Waals surface area (Å²) in [6, 6.07) is 0.248. The number of hydrogen-bond donors (Lipinski definition) is 2. The van der Waals surface area contributed by atoms with E-state index in [2.05, 4.69) is 10.4 Å². The van der Waals surface area contributed by atoms with E-state index in [1.54, 1.807) is 0 Å². The fourth-order valence-electron chi connectivity index (χ4n) is 2.35. The summed E-state index contributed by atoms with van der Waals surface area (Å²) in [5.74, 6) is 0. The van der Waals surface area contributed by atoms with Gasteiger partial charge in [-0.05, 0) is 25.7 Å². The van der Waals surface area contributed by atoms with Gasteiger partial charge in [0, 0.05) is 13.1 Å². The minimum atomic E-state index is 0.124. The van der Waals surface area contributed by atoms with E-state index in [0.717, 1.165) is 38.8 Å². The van der Waals surface area contributed by atoms with E-state index < -0.39 is 0 Å². The molecule has 6 nitrogen and oxygen atoms in total. The van der Waals surface area contributed by atoms with Gasteiger partial charge < -0.3 is 10.2 Å². The average molecular weight is 228 g/mol. The lowest BCUT2D eigenvalue weighted by Crippen LogP contribution is -2.30. The molecule has 0 aromatic rings. The van der Waals surface area contributed by atoms with Crippen LogP contribution in [0, 0.1) is 0 Å². The van der Waals surface area contributed by atoms with Gasteiger partial charge in [0.2, 0.25) is 0 Å². The molecule has 2 rings (SSSR count). The van der Waals surface area contributed by atoms with Crippen molar-refractivity contribution in [1.82, 2.24) is 10.0 Å². The van der Waals surface area contributed by atoms with Gasteiger partial charge in [-0.2, -0.15) is 0 Å². The summed E-state index contributed by atoms with van der Waals surface area (Å²) in [5.41, 5.74) is 0. The third-order valence-corrected chi connectivity index (χ3v) is 3.38. The maximum absolute atomic E-state index is 9.13. The fraction of sp³-hybridized carbons (Fsp3) is 1.00. The van der Waals surface area contributed by atoms with Crippen molar-refractivity contribution >= 4 is 0 Å². The van der Waals surface area contributed by atoms with E-state index in [0.29, 0.717) is 0 Å². The lowest BCUT2D eigenvalue weighted by atomic mass is 10.2. The van der Waals surface area contributed by atoms with E-state index in [-0.39, 0.29) is 25.3 Å². The van der Waals surface area contributed by atoms with Crippen LogP contribution in [0.4, 0.5) is 0 Å². The van der Waals surface area contributed by atoms with Gasteiger partial charge in [0.15, 0.2) is 0 Å². The predicted molar refractivity (Wildman–Crippen MR) is 58.5 cm³/mol. The second-order valence-electron chi connectivity index (χ2n) is 4.46. The molecule has 0 aliphatic carbocycles. The number of aliphatic hydroxyl groups excluding tert-OH is 2. The third-order valence-electron chi connectivity index (χ3n) is 3.38. The summed E-state index contributed by atoms with van der Waals surface area (Å²) in [7, 11) is 0. The highest BCUT2D eigenvalue weighted by atomic mass is 16.3. The Balaban J connectivity index is 1.88. The largest absolute Gasteiger partial charge is 0.394 e. The predicted octanol–water partition coefficient (Wildman–Crippen LogP) is 0.182. The van der Waals surface area contributed by atoms with E-state index in [1.165, 1.54) is 0 Å². The first kappa shape index (κ1) is 11.6. The Morgan fingerprint density at radius 2 is 1.31 bits per heavy atom. The lowest BCUT2D eigenvalue weighted by molar-refractivity contribution is 0.114. The van der Waals surface area contributed by atoms with Crippen molar-refractivity contribution in [3.63, 3.8) is 0 Å². The first-order valence-corrected chi connectivity index (χ1v) is 6.01. The molecule has 2 aliphatic rings. The molecule has 0 aromatic carbocycles. The molecule has 2 saturated heterocycles. The van der Waals surface area contributed by atoms with Gasteiger partial charge in [0.25, 0.3) is 0 Å². The molecule has 2 unspecified atom stereocenters. The van der Waals surface area contributed by atoms with Crippen LogP contribution in [0.3, 0.4) is 0 Å².